The number of thiazole rings is 1. The molecular weight excluding hydrogens is 310 g/mol. The summed E-state index contributed by atoms with van der Waals surface area (Å²) in [5, 5.41) is 5.93. The Morgan fingerprint density at radius 2 is 2.22 bits per heavy atom. The molecule has 122 valence electrons. The van der Waals surface area contributed by atoms with E-state index in [0.29, 0.717) is 6.54 Å². The Morgan fingerprint density at radius 1 is 1.43 bits per heavy atom. The number of hydrogen-bond donors (Lipinski definition) is 1. The molecular formula is C17H21N3O2S. The van der Waals surface area contributed by atoms with Crippen LogP contribution in [0.25, 0.3) is 0 Å². The summed E-state index contributed by atoms with van der Waals surface area (Å²) >= 11 is 1.58. The number of hydrogen-bond acceptors (Lipinski definition) is 4. The molecule has 2 heterocycles. The third kappa shape index (κ3) is 3.64. The van der Waals surface area contributed by atoms with Gasteiger partial charge in [-0.15, -0.1) is 11.3 Å². The SMILES string of the molecule is COc1ccc([C@H]2CCCN2C(=O)NCc2nc(C)cs2)cc1. The number of aryl methyl sites for hydroxylation is 1. The van der Waals surface area contributed by atoms with Crippen molar-refractivity contribution in [3.05, 3.63) is 45.9 Å². The van der Waals surface area contributed by atoms with Gasteiger partial charge in [-0.05, 0) is 37.5 Å². The van der Waals surface area contributed by atoms with Gasteiger partial charge in [0.15, 0.2) is 0 Å². The van der Waals surface area contributed by atoms with E-state index in [1.165, 1.54) is 0 Å². The van der Waals surface area contributed by atoms with Crippen LogP contribution in [0.3, 0.4) is 0 Å². The molecule has 1 aliphatic heterocycles. The molecule has 0 radical (unpaired) electrons. The van der Waals surface area contributed by atoms with E-state index in [0.717, 1.165) is 41.4 Å². The van der Waals surface area contributed by atoms with Crippen molar-refractivity contribution in [1.29, 1.82) is 0 Å². The van der Waals surface area contributed by atoms with Gasteiger partial charge in [-0.3, -0.25) is 0 Å². The lowest BCUT2D eigenvalue weighted by molar-refractivity contribution is 0.192. The zero-order valence-corrected chi connectivity index (χ0v) is 14.2. The Balaban J connectivity index is 1.64. The summed E-state index contributed by atoms with van der Waals surface area (Å²) < 4.78 is 5.20. The largest absolute Gasteiger partial charge is 0.497 e. The predicted molar refractivity (Wildman–Crippen MR) is 90.8 cm³/mol. The molecule has 6 heteroatoms. The molecule has 5 nitrogen and oxygen atoms in total. The standard InChI is InChI=1S/C17H21N3O2S/c1-12-11-23-16(19-12)10-18-17(21)20-9-3-4-15(20)13-5-7-14(22-2)8-6-13/h5-8,11,15H,3-4,9-10H2,1-2H3,(H,18,21)/t15-/m1/s1. The second kappa shape index (κ2) is 7.00. The van der Waals surface area contributed by atoms with Gasteiger partial charge in [0.1, 0.15) is 10.8 Å². The number of amides is 2. The van der Waals surface area contributed by atoms with Crippen LogP contribution in [-0.2, 0) is 6.54 Å². The van der Waals surface area contributed by atoms with Gasteiger partial charge in [0.25, 0.3) is 0 Å². The molecule has 1 fully saturated rings. The van der Waals surface area contributed by atoms with E-state index in [1.807, 2.05) is 41.5 Å². The lowest BCUT2D eigenvalue weighted by atomic mass is 10.0. The molecule has 0 unspecified atom stereocenters. The number of nitrogens with one attached hydrogen (secondary N) is 1. The normalized spacial score (nSPS) is 17.3. The van der Waals surface area contributed by atoms with Crippen molar-refractivity contribution in [2.45, 2.75) is 32.4 Å². The minimum absolute atomic E-state index is 0.0174. The van der Waals surface area contributed by atoms with Crippen LogP contribution in [0, 0.1) is 6.92 Å². The average molecular weight is 331 g/mol. The summed E-state index contributed by atoms with van der Waals surface area (Å²) in [7, 11) is 1.66. The van der Waals surface area contributed by atoms with Gasteiger partial charge in [-0.2, -0.15) is 0 Å². The molecule has 1 aliphatic rings. The summed E-state index contributed by atoms with van der Waals surface area (Å²) in [4.78, 5) is 18.8. The minimum Gasteiger partial charge on any atom is -0.497 e. The fourth-order valence-corrected chi connectivity index (χ4v) is 3.63. The maximum Gasteiger partial charge on any atom is 0.318 e. The second-order valence-electron chi connectivity index (χ2n) is 5.67. The molecule has 1 aromatic carbocycles. The first kappa shape index (κ1) is 15.8. The van der Waals surface area contributed by atoms with Gasteiger partial charge < -0.3 is 15.0 Å². The number of aromatic nitrogens is 1. The highest BCUT2D eigenvalue weighted by Crippen LogP contribution is 2.32. The molecule has 0 bridgehead atoms. The first-order valence-corrected chi connectivity index (χ1v) is 8.65. The van der Waals surface area contributed by atoms with Crippen LogP contribution >= 0.6 is 11.3 Å². The van der Waals surface area contributed by atoms with Gasteiger partial charge in [-0.1, -0.05) is 12.1 Å². The van der Waals surface area contributed by atoms with E-state index in [-0.39, 0.29) is 12.1 Å². The fourth-order valence-electron chi connectivity index (χ4n) is 2.92. The smallest absolute Gasteiger partial charge is 0.318 e. The Kier molecular flexibility index (Phi) is 4.81. The van der Waals surface area contributed by atoms with Gasteiger partial charge >= 0.3 is 6.03 Å². The maximum absolute atomic E-state index is 12.5. The molecule has 1 N–H and O–H groups in total. The van der Waals surface area contributed by atoms with E-state index in [2.05, 4.69) is 10.3 Å². The number of ether oxygens (including phenoxy) is 1. The van der Waals surface area contributed by atoms with Gasteiger partial charge in [0.05, 0.1) is 19.7 Å². The summed E-state index contributed by atoms with van der Waals surface area (Å²) in [5.74, 6) is 0.835. The van der Waals surface area contributed by atoms with Gasteiger partial charge in [0.2, 0.25) is 0 Å². The highest BCUT2D eigenvalue weighted by Gasteiger charge is 2.29. The molecule has 1 aromatic heterocycles. The lowest BCUT2D eigenvalue weighted by Crippen LogP contribution is -2.39. The van der Waals surface area contributed by atoms with Crippen LogP contribution in [0.2, 0.25) is 0 Å². The number of nitrogens with zero attached hydrogens (tertiary/aromatic N) is 2. The van der Waals surface area contributed by atoms with Crippen molar-refractivity contribution in [3.63, 3.8) is 0 Å². The topological polar surface area (TPSA) is 54.5 Å². The van der Waals surface area contributed by atoms with Crippen molar-refractivity contribution in [2.75, 3.05) is 13.7 Å². The quantitative estimate of drug-likeness (QED) is 0.933. The van der Waals surface area contributed by atoms with Crippen LogP contribution in [0.1, 0.15) is 35.1 Å². The highest BCUT2D eigenvalue weighted by molar-refractivity contribution is 7.09. The van der Waals surface area contributed by atoms with Crippen LogP contribution in [-0.4, -0.2) is 29.6 Å². The van der Waals surface area contributed by atoms with Crippen molar-refractivity contribution in [3.8, 4) is 5.75 Å². The Labute approximate surface area is 140 Å². The maximum atomic E-state index is 12.5. The summed E-state index contributed by atoms with van der Waals surface area (Å²) in [5.41, 5.74) is 2.15. The molecule has 23 heavy (non-hydrogen) atoms. The average Bonchev–Trinajstić information content (AvgIpc) is 3.21. The zero-order chi connectivity index (χ0) is 16.2. The number of rotatable bonds is 4. The first-order valence-electron chi connectivity index (χ1n) is 7.77. The summed E-state index contributed by atoms with van der Waals surface area (Å²) in [6.07, 6.45) is 2.02. The van der Waals surface area contributed by atoms with Crippen molar-refractivity contribution >= 4 is 17.4 Å². The lowest BCUT2D eigenvalue weighted by Gasteiger charge is -2.25. The van der Waals surface area contributed by atoms with Crippen molar-refractivity contribution < 1.29 is 9.53 Å². The molecule has 3 rings (SSSR count). The summed E-state index contributed by atoms with van der Waals surface area (Å²) in [6.45, 7) is 3.24. The predicted octanol–water partition coefficient (Wildman–Crippen LogP) is 3.51. The molecule has 0 aliphatic carbocycles. The zero-order valence-electron chi connectivity index (χ0n) is 13.4. The van der Waals surface area contributed by atoms with E-state index < -0.39 is 0 Å². The van der Waals surface area contributed by atoms with Crippen LogP contribution in [0.5, 0.6) is 5.75 Å². The fraction of sp³-hybridized carbons (Fsp3) is 0.412. The van der Waals surface area contributed by atoms with Crippen molar-refractivity contribution in [1.82, 2.24) is 15.2 Å². The Morgan fingerprint density at radius 3 is 2.87 bits per heavy atom. The number of carbonyl (C=O) groups is 1. The number of urea groups is 1. The summed E-state index contributed by atoms with van der Waals surface area (Å²) in [6, 6.07) is 8.10. The van der Waals surface area contributed by atoms with Gasteiger partial charge in [0, 0.05) is 17.6 Å². The number of likely N-dealkylation sites (tertiary alicyclic amines) is 1. The van der Waals surface area contributed by atoms with Crippen LogP contribution in [0.4, 0.5) is 4.79 Å². The van der Waals surface area contributed by atoms with Crippen LogP contribution < -0.4 is 10.1 Å². The molecule has 0 saturated carbocycles. The van der Waals surface area contributed by atoms with Gasteiger partial charge in [-0.25, -0.2) is 9.78 Å². The highest BCUT2D eigenvalue weighted by atomic mass is 32.1. The Hall–Kier alpha value is -2.08. The van der Waals surface area contributed by atoms with E-state index in [9.17, 15) is 4.79 Å². The van der Waals surface area contributed by atoms with Crippen LogP contribution in [0.15, 0.2) is 29.6 Å². The Bertz CT molecular complexity index is 669. The molecule has 0 spiro atoms. The second-order valence-corrected chi connectivity index (χ2v) is 6.61. The van der Waals surface area contributed by atoms with E-state index in [1.54, 1.807) is 18.4 Å². The number of methoxy groups -OCH3 is 1. The van der Waals surface area contributed by atoms with E-state index in [4.69, 9.17) is 4.74 Å². The minimum atomic E-state index is -0.0174. The molecule has 2 amide bonds. The monoisotopic (exact) mass is 331 g/mol. The molecule has 1 atom stereocenters. The van der Waals surface area contributed by atoms with Crippen molar-refractivity contribution in [2.24, 2.45) is 0 Å². The number of benzene rings is 1. The third-order valence-corrected chi connectivity index (χ3v) is 5.04. The first-order chi connectivity index (χ1) is 11.2. The number of carbonyl (C=O) groups excluding carboxylic acids is 1. The van der Waals surface area contributed by atoms with E-state index >= 15 is 0 Å². The third-order valence-electron chi connectivity index (χ3n) is 4.07. The molecule has 1 saturated heterocycles. The molecule has 2 aromatic rings.